The van der Waals surface area contributed by atoms with Crippen LogP contribution in [0.5, 0.6) is 11.5 Å². The van der Waals surface area contributed by atoms with Crippen LogP contribution in [0.2, 0.25) is 0 Å². The quantitative estimate of drug-likeness (QED) is 0.573. The number of nitrogens with zero attached hydrogens (tertiary/aromatic N) is 1. The van der Waals surface area contributed by atoms with E-state index in [4.69, 9.17) is 9.47 Å². The molecule has 0 bridgehead atoms. The third kappa shape index (κ3) is 2.89. The Labute approximate surface area is 187 Å². The minimum absolute atomic E-state index is 0.0951. The second-order valence-corrected chi connectivity index (χ2v) is 9.46. The number of nitrogens with one attached hydrogen (secondary N) is 4. The number of methoxy groups -OCH3 is 2. The lowest BCUT2D eigenvalue weighted by Crippen LogP contribution is -2.39. The molecule has 4 aliphatic rings. The first kappa shape index (κ1) is 19.8. The molecular weight excluding hydrogens is 406 g/mol. The van der Waals surface area contributed by atoms with Crippen LogP contribution in [-0.4, -0.2) is 37.3 Å². The Kier molecular flexibility index (Phi) is 4.55. The molecule has 2 saturated carbocycles. The number of pyridine rings is 1. The van der Waals surface area contributed by atoms with Gasteiger partial charge in [-0.25, -0.2) is 10.4 Å². The Bertz CT molecular complexity index is 1060. The van der Waals surface area contributed by atoms with Gasteiger partial charge >= 0.3 is 0 Å². The summed E-state index contributed by atoms with van der Waals surface area (Å²) >= 11 is 0. The van der Waals surface area contributed by atoms with Crippen LogP contribution in [0.25, 0.3) is 0 Å². The predicted molar refractivity (Wildman–Crippen MR) is 120 cm³/mol. The lowest BCUT2D eigenvalue weighted by atomic mass is 9.74. The Balaban J connectivity index is 1.16. The third-order valence-corrected chi connectivity index (χ3v) is 8.02. The van der Waals surface area contributed by atoms with E-state index in [1.165, 1.54) is 0 Å². The first-order valence-electron chi connectivity index (χ1n) is 11.4. The van der Waals surface area contributed by atoms with Gasteiger partial charge in [0, 0.05) is 23.8 Å². The van der Waals surface area contributed by atoms with Crippen molar-refractivity contribution >= 4 is 17.4 Å². The van der Waals surface area contributed by atoms with Gasteiger partial charge in [0.1, 0.15) is 5.75 Å². The number of fused-ring (bicyclic) bond motifs is 3. The normalized spacial score (nSPS) is 34.6. The molecule has 6 rings (SSSR count). The number of benzene rings is 1. The van der Waals surface area contributed by atoms with Crippen molar-refractivity contribution in [2.24, 2.45) is 17.8 Å². The molecule has 4 unspecified atom stereocenters. The van der Waals surface area contributed by atoms with Gasteiger partial charge in [-0.05, 0) is 73.4 Å². The molecule has 4 N–H and O–H groups in total. The van der Waals surface area contributed by atoms with Crippen molar-refractivity contribution in [3.63, 3.8) is 0 Å². The van der Waals surface area contributed by atoms with Crippen molar-refractivity contribution in [2.75, 3.05) is 24.9 Å². The van der Waals surface area contributed by atoms with Crippen molar-refractivity contribution in [3.8, 4) is 11.5 Å². The third-order valence-electron chi connectivity index (χ3n) is 8.02. The van der Waals surface area contributed by atoms with Gasteiger partial charge in [0.15, 0.2) is 11.6 Å². The van der Waals surface area contributed by atoms with Gasteiger partial charge < -0.3 is 20.1 Å². The van der Waals surface area contributed by atoms with E-state index in [-0.39, 0.29) is 17.5 Å². The first-order valence-corrected chi connectivity index (χ1v) is 11.4. The summed E-state index contributed by atoms with van der Waals surface area (Å²) in [5.41, 5.74) is 8.63. The first-order chi connectivity index (χ1) is 15.6. The second kappa shape index (κ2) is 7.35. The van der Waals surface area contributed by atoms with Crippen LogP contribution in [0.1, 0.15) is 31.2 Å². The average Bonchev–Trinajstić information content (AvgIpc) is 3.38. The molecule has 1 saturated heterocycles. The van der Waals surface area contributed by atoms with Crippen molar-refractivity contribution < 1.29 is 14.3 Å². The van der Waals surface area contributed by atoms with Crippen LogP contribution < -0.4 is 31.0 Å². The van der Waals surface area contributed by atoms with Crippen LogP contribution in [0.4, 0.5) is 11.5 Å². The summed E-state index contributed by atoms with van der Waals surface area (Å²) in [6, 6.07) is 10.1. The van der Waals surface area contributed by atoms with Crippen molar-refractivity contribution in [2.45, 2.75) is 43.3 Å². The van der Waals surface area contributed by atoms with Crippen LogP contribution in [0, 0.1) is 17.8 Å². The molecule has 8 heteroatoms. The molecule has 0 radical (unpaired) electrons. The topological polar surface area (TPSA) is 96.5 Å². The van der Waals surface area contributed by atoms with E-state index in [2.05, 4.69) is 32.5 Å². The number of ether oxygens (including phenoxy) is 2. The van der Waals surface area contributed by atoms with Crippen molar-refractivity contribution in [1.82, 2.24) is 15.8 Å². The molecule has 32 heavy (non-hydrogen) atoms. The summed E-state index contributed by atoms with van der Waals surface area (Å²) in [7, 11) is 3.34. The number of hydrogen-bond donors (Lipinski definition) is 4. The van der Waals surface area contributed by atoms with Crippen molar-refractivity contribution in [1.29, 1.82) is 0 Å². The maximum atomic E-state index is 13.0. The van der Waals surface area contributed by atoms with Gasteiger partial charge in [-0.3, -0.25) is 10.2 Å². The maximum absolute atomic E-state index is 13.0. The highest BCUT2D eigenvalue weighted by Gasteiger charge is 2.67. The zero-order valence-corrected chi connectivity index (χ0v) is 18.4. The fraction of sp³-hybridized carbons (Fsp3) is 0.500. The molecule has 2 aliphatic heterocycles. The van der Waals surface area contributed by atoms with Crippen LogP contribution in [0.3, 0.4) is 0 Å². The Hall–Kier alpha value is -2.84. The van der Waals surface area contributed by atoms with E-state index in [1.54, 1.807) is 20.4 Å². The second-order valence-electron chi connectivity index (χ2n) is 9.46. The number of amides is 1. The van der Waals surface area contributed by atoms with Crippen LogP contribution >= 0.6 is 0 Å². The maximum Gasteiger partial charge on any atom is 0.235 e. The lowest BCUT2D eigenvalue weighted by molar-refractivity contribution is -0.118. The minimum Gasteiger partial charge on any atom is -0.497 e. The molecule has 6 atom stereocenters. The summed E-state index contributed by atoms with van der Waals surface area (Å²) in [4.78, 5) is 17.4. The molecule has 3 heterocycles. The fourth-order valence-electron chi connectivity index (χ4n) is 6.33. The number of hydrazine groups is 1. The monoisotopic (exact) mass is 435 g/mol. The van der Waals surface area contributed by atoms with E-state index in [1.807, 2.05) is 24.3 Å². The summed E-state index contributed by atoms with van der Waals surface area (Å²) in [6.07, 6.45) is 6.09. The highest BCUT2D eigenvalue weighted by atomic mass is 16.5. The van der Waals surface area contributed by atoms with Crippen molar-refractivity contribution in [3.05, 3.63) is 42.1 Å². The molecule has 2 aliphatic carbocycles. The van der Waals surface area contributed by atoms with E-state index >= 15 is 0 Å². The molecule has 1 aromatic heterocycles. The zero-order valence-electron chi connectivity index (χ0n) is 18.4. The number of hydrogen-bond acceptors (Lipinski definition) is 7. The minimum atomic E-state index is -0.369. The Morgan fingerprint density at radius 3 is 2.91 bits per heavy atom. The van der Waals surface area contributed by atoms with E-state index in [0.717, 1.165) is 54.3 Å². The van der Waals surface area contributed by atoms with Crippen LogP contribution in [0.15, 0.2) is 36.5 Å². The van der Waals surface area contributed by atoms with Gasteiger partial charge in [-0.15, -0.1) is 0 Å². The van der Waals surface area contributed by atoms with Gasteiger partial charge in [-0.2, -0.15) is 0 Å². The van der Waals surface area contributed by atoms with E-state index in [0.29, 0.717) is 23.8 Å². The molecule has 168 valence electrons. The van der Waals surface area contributed by atoms with Gasteiger partial charge in [0.25, 0.3) is 0 Å². The van der Waals surface area contributed by atoms with E-state index < -0.39 is 0 Å². The molecular formula is C24H29N5O3. The summed E-state index contributed by atoms with van der Waals surface area (Å²) < 4.78 is 10.9. The zero-order chi connectivity index (χ0) is 21.9. The standard InChI is InChI=1S/C24H29N5O3/c1-31-14-6-8-18-16(11-14)24(23(30)26-18)12-17(24)13-5-7-15-19(10-13)28-29-21(15)27-22-20(32-2)4-3-9-25-22/h3-4,6,8-9,11,13,15,17,19,21,28-29H,5,7,10,12H2,1-2H3,(H,25,27)(H,26,30)/t13?,15?,17-,19?,21?,24-/m0/s1. The number of anilines is 2. The molecule has 8 nitrogen and oxygen atoms in total. The molecule has 1 amide bonds. The summed E-state index contributed by atoms with van der Waals surface area (Å²) in [6.45, 7) is 0. The highest BCUT2D eigenvalue weighted by molar-refractivity contribution is 6.09. The molecule has 3 fully saturated rings. The number of rotatable bonds is 5. The van der Waals surface area contributed by atoms with E-state index in [9.17, 15) is 4.79 Å². The largest absolute Gasteiger partial charge is 0.497 e. The molecule has 2 aromatic rings. The molecule has 1 aromatic carbocycles. The summed E-state index contributed by atoms with van der Waals surface area (Å²) in [5, 5.41) is 6.62. The lowest BCUT2D eigenvalue weighted by Gasteiger charge is -2.34. The SMILES string of the molecule is COc1ccc2c(c1)[C@]1(C[C@H]1C1CCC3C(C1)NNC3Nc1ncccc1OC)C(=O)N2. The number of carbonyl (C=O) groups excluding carboxylic acids is 1. The highest BCUT2D eigenvalue weighted by Crippen LogP contribution is 2.65. The number of aromatic nitrogens is 1. The number of carbonyl (C=O) groups is 1. The summed E-state index contributed by atoms with van der Waals surface area (Å²) in [5.74, 6) is 3.84. The van der Waals surface area contributed by atoms with Gasteiger partial charge in [0.05, 0.1) is 25.8 Å². The van der Waals surface area contributed by atoms with Gasteiger partial charge in [-0.1, -0.05) is 0 Å². The fourth-order valence-corrected chi connectivity index (χ4v) is 6.33. The van der Waals surface area contributed by atoms with Gasteiger partial charge in [0.2, 0.25) is 5.91 Å². The smallest absolute Gasteiger partial charge is 0.235 e. The van der Waals surface area contributed by atoms with Crippen LogP contribution in [-0.2, 0) is 10.2 Å². The average molecular weight is 436 g/mol. The Morgan fingerprint density at radius 2 is 2.06 bits per heavy atom. The Morgan fingerprint density at radius 1 is 1.16 bits per heavy atom. The predicted octanol–water partition coefficient (Wildman–Crippen LogP) is 2.64. The molecule has 1 spiro atoms.